The fraction of sp³-hybridized carbons (Fsp3) is 0.588. The summed E-state index contributed by atoms with van der Waals surface area (Å²) in [6.45, 7) is 3.74. The van der Waals surface area contributed by atoms with E-state index < -0.39 is 0 Å². The van der Waals surface area contributed by atoms with Crippen molar-refractivity contribution in [2.45, 2.75) is 57.7 Å². The normalized spacial score (nSPS) is 21.0. The highest BCUT2D eigenvalue weighted by Crippen LogP contribution is 2.37. The molecule has 1 aliphatic carbocycles. The average Bonchev–Trinajstić information content (AvgIpc) is 3.16. The van der Waals surface area contributed by atoms with Crippen molar-refractivity contribution < 1.29 is 4.79 Å². The molecule has 1 saturated carbocycles. The third-order valence-electron chi connectivity index (χ3n) is 4.95. The number of nitrogens with one attached hydrogen (secondary N) is 1. The molecular formula is C17H24N6O. The Morgan fingerprint density at radius 3 is 2.96 bits per heavy atom. The molecule has 128 valence electrons. The largest absolute Gasteiger partial charge is 0.333 e. The van der Waals surface area contributed by atoms with Crippen molar-refractivity contribution in [1.29, 1.82) is 0 Å². The Morgan fingerprint density at radius 1 is 1.29 bits per heavy atom. The van der Waals surface area contributed by atoms with Gasteiger partial charge in [0.2, 0.25) is 0 Å². The van der Waals surface area contributed by atoms with Gasteiger partial charge in [-0.15, -0.1) is 0 Å². The van der Waals surface area contributed by atoms with Crippen molar-refractivity contribution in [1.82, 2.24) is 24.2 Å². The molecule has 1 unspecified atom stereocenters. The first kappa shape index (κ1) is 15.2. The van der Waals surface area contributed by atoms with Crippen LogP contribution in [0.1, 0.15) is 56.9 Å². The summed E-state index contributed by atoms with van der Waals surface area (Å²) in [5.41, 5.74) is 0. The number of anilines is 1. The van der Waals surface area contributed by atoms with Crippen molar-refractivity contribution in [2.75, 3.05) is 11.9 Å². The minimum atomic E-state index is -0.0484. The molecule has 1 saturated heterocycles. The van der Waals surface area contributed by atoms with Gasteiger partial charge in [0, 0.05) is 31.5 Å². The van der Waals surface area contributed by atoms with Crippen molar-refractivity contribution in [2.24, 2.45) is 0 Å². The fourth-order valence-electron chi connectivity index (χ4n) is 3.53. The van der Waals surface area contributed by atoms with E-state index in [1.807, 2.05) is 28.0 Å². The van der Waals surface area contributed by atoms with E-state index in [-0.39, 0.29) is 12.1 Å². The highest BCUT2D eigenvalue weighted by atomic mass is 16.2. The lowest BCUT2D eigenvalue weighted by molar-refractivity contribution is 0.157. The lowest BCUT2D eigenvalue weighted by Crippen LogP contribution is -2.42. The van der Waals surface area contributed by atoms with Crippen molar-refractivity contribution in [3.63, 3.8) is 0 Å². The molecular weight excluding hydrogens is 304 g/mol. The molecule has 0 radical (unpaired) electrons. The van der Waals surface area contributed by atoms with Crippen LogP contribution in [-0.4, -0.2) is 36.8 Å². The van der Waals surface area contributed by atoms with Crippen LogP contribution in [0.4, 0.5) is 10.6 Å². The number of hydrogen-bond donors (Lipinski definition) is 1. The molecule has 0 spiro atoms. The first-order chi connectivity index (χ1) is 11.8. The van der Waals surface area contributed by atoms with Crippen LogP contribution in [0.15, 0.2) is 24.7 Å². The number of rotatable bonds is 4. The summed E-state index contributed by atoms with van der Waals surface area (Å²) >= 11 is 0. The summed E-state index contributed by atoms with van der Waals surface area (Å²) in [6.07, 6.45) is 11.0. The molecule has 4 rings (SSSR count). The van der Waals surface area contributed by atoms with Crippen molar-refractivity contribution >= 4 is 11.8 Å². The topological polar surface area (TPSA) is 68.0 Å². The number of imidazole rings is 1. The van der Waals surface area contributed by atoms with Crippen LogP contribution >= 0.6 is 0 Å². The number of likely N-dealkylation sites (tertiary alicyclic amines) is 1. The maximum Gasteiger partial charge on any atom is 0.323 e. The number of amides is 2. The van der Waals surface area contributed by atoms with Crippen molar-refractivity contribution in [3.05, 3.63) is 30.5 Å². The summed E-state index contributed by atoms with van der Waals surface area (Å²) in [7, 11) is 0. The van der Waals surface area contributed by atoms with Crippen LogP contribution in [-0.2, 0) is 6.54 Å². The van der Waals surface area contributed by atoms with E-state index in [1.165, 1.54) is 0 Å². The zero-order valence-electron chi connectivity index (χ0n) is 14.1. The molecule has 0 bridgehead atoms. The molecule has 1 atom stereocenters. The third-order valence-corrected chi connectivity index (χ3v) is 4.95. The van der Waals surface area contributed by atoms with Gasteiger partial charge < -0.3 is 9.47 Å². The van der Waals surface area contributed by atoms with Crippen LogP contribution in [0.5, 0.6) is 0 Å². The van der Waals surface area contributed by atoms with E-state index in [0.29, 0.717) is 6.04 Å². The lowest BCUT2D eigenvalue weighted by Gasteiger charge is -2.35. The first-order valence-electron chi connectivity index (χ1n) is 8.90. The zero-order chi connectivity index (χ0) is 16.5. The third kappa shape index (κ3) is 2.79. The predicted molar refractivity (Wildman–Crippen MR) is 90.7 cm³/mol. The molecule has 7 heteroatoms. The quantitative estimate of drug-likeness (QED) is 0.937. The number of aromatic nitrogens is 4. The molecule has 24 heavy (non-hydrogen) atoms. The van der Waals surface area contributed by atoms with E-state index in [9.17, 15) is 4.79 Å². The molecule has 1 aliphatic heterocycles. The SMILES string of the molecule is CCn1ccnc1C1CCCCN1C(=O)Nc1ccnn1C1CC1. The minimum absolute atomic E-state index is 0.0472. The summed E-state index contributed by atoms with van der Waals surface area (Å²) in [6, 6.07) is 2.33. The van der Waals surface area contributed by atoms with Gasteiger partial charge in [-0.05, 0) is 39.0 Å². The first-order valence-corrected chi connectivity index (χ1v) is 8.90. The molecule has 7 nitrogen and oxygen atoms in total. The van der Waals surface area contributed by atoms with Gasteiger partial charge in [0.15, 0.2) is 0 Å². The molecule has 1 N–H and O–H groups in total. The lowest BCUT2D eigenvalue weighted by atomic mass is 10.0. The number of piperidine rings is 1. The standard InChI is InChI=1S/C17H24N6O/c1-2-21-12-10-18-16(21)14-5-3-4-11-22(14)17(24)20-15-8-9-19-23(15)13-6-7-13/h8-10,12-14H,2-7,11H2,1H3,(H,20,24). The predicted octanol–water partition coefficient (Wildman–Crippen LogP) is 3.19. The van der Waals surface area contributed by atoms with Gasteiger partial charge in [0.05, 0.1) is 18.3 Å². The number of nitrogens with zero attached hydrogens (tertiary/aromatic N) is 5. The Balaban J connectivity index is 1.54. The Kier molecular flexibility index (Phi) is 4.00. The summed E-state index contributed by atoms with van der Waals surface area (Å²) in [5, 5.41) is 7.40. The van der Waals surface area contributed by atoms with Crippen LogP contribution in [0, 0.1) is 0 Å². The number of urea groups is 1. The van der Waals surface area contributed by atoms with Gasteiger partial charge in [-0.3, -0.25) is 5.32 Å². The molecule has 2 aromatic heterocycles. The summed E-state index contributed by atoms with van der Waals surface area (Å²) < 4.78 is 4.06. The number of hydrogen-bond acceptors (Lipinski definition) is 3. The Hall–Kier alpha value is -2.31. The van der Waals surface area contributed by atoms with E-state index in [0.717, 1.165) is 56.8 Å². The Labute approximate surface area is 141 Å². The highest BCUT2D eigenvalue weighted by molar-refractivity contribution is 5.88. The number of aryl methyl sites for hydroxylation is 1. The minimum Gasteiger partial charge on any atom is -0.333 e. The zero-order valence-corrected chi connectivity index (χ0v) is 14.1. The monoisotopic (exact) mass is 328 g/mol. The smallest absolute Gasteiger partial charge is 0.323 e. The summed E-state index contributed by atoms with van der Waals surface area (Å²) in [4.78, 5) is 19.4. The van der Waals surface area contributed by atoms with E-state index >= 15 is 0 Å². The molecule has 2 amide bonds. The number of carbonyl (C=O) groups is 1. The van der Waals surface area contributed by atoms with Gasteiger partial charge >= 0.3 is 6.03 Å². The molecule has 2 fully saturated rings. The molecule has 0 aromatic carbocycles. The maximum atomic E-state index is 12.9. The number of carbonyl (C=O) groups excluding carboxylic acids is 1. The van der Waals surface area contributed by atoms with Gasteiger partial charge in [-0.1, -0.05) is 0 Å². The average molecular weight is 328 g/mol. The van der Waals surface area contributed by atoms with E-state index in [4.69, 9.17) is 0 Å². The second kappa shape index (κ2) is 6.30. The molecule has 3 heterocycles. The Bertz CT molecular complexity index is 716. The second-order valence-electron chi connectivity index (χ2n) is 6.60. The molecule has 2 aliphatic rings. The fourth-order valence-corrected chi connectivity index (χ4v) is 3.53. The van der Waals surface area contributed by atoms with Gasteiger partial charge in [0.25, 0.3) is 0 Å². The van der Waals surface area contributed by atoms with E-state index in [2.05, 4.69) is 26.9 Å². The van der Waals surface area contributed by atoms with Gasteiger partial charge in [-0.25, -0.2) is 14.5 Å². The maximum absolute atomic E-state index is 12.9. The van der Waals surface area contributed by atoms with E-state index in [1.54, 1.807) is 6.20 Å². The Morgan fingerprint density at radius 2 is 2.17 bits per heavy atom. The van der Waals surface area contributed by atoms with Crippen LogP contribution in [0.25, 0.3) is 0 Å². The van der Waals surface area contributed by atoms with Gasteiger partial charge in [0.1, 0.15) is 11.6 Å². The van der Waals surface area contributed by atoms with Crippen LogP contribution in [0.2, 0.25) is 0 Å². The second-order valence-corrected chi connectivity index (χ2v) is 6.60. The molecule has 2 aromatic rings. The van der Waals surface area contributed by atoms with Crippen LogP contribution < -0.4 is 5.32 Å². The summed E-state index contributed by atoms with van der Waals surface area (Å²) in [5.74, 6) is 1.79. The highest BCUT2D eigenvalue weighted by Gasteiger charge is 2.32. The van der Waals surface area contributed by atoms with Crippen molar-refractivity contribution in [3.8, 4) is 0 Å². The van der Waals surface area contributed by atoms with Gasteiger partial charge in [-0.2, -0.15) is 5.10 Å². The van der Waals surface area contributed by atoms with Crippen LogP contribution in [0.3, 0.4) is 0 Å².